The van der Waals surface area contributed by atoms with Crippen molar-refractivity contribution in [2.75, 3.05) is 0 Å². The van der Waals surface area contributed by atoms with Gasteiger partial charge in [0.15, 0.2) is 0 Å². The quantitative estimate of drug-likeness (QED) is 0.799. The zero-order valence-electron chi connectivity index (χ0n) is 12.0. The third kappa shape index (κ3) is 2.84. The minimum atomic E-state index is -0.953. The van der Waals surface area contributed by atoms with Crippen LogP contribution in [0.25, 0.3) is 0 Å². The number of aromatic carboxylic acids is 1. The maximum atomic E-state index is 11.4. The maximum absolute atomic E-state index is 11.4. The van der Waals surface area contributed by atoms with Gasteiger partial charge < -0.3 is 10.2 Å². The smallest absolute Gasteiger partial charge is 0.335 e. The first-order valence-electron chi connectivity index (χ1n) is 6.06. The number of carbonyl (C=O) groups is 1. The lowest BCUT2D eigenvalue weighted by molar-refractivity contribution is 0.0694. The first-order valence-corrected chi connectivity index (χ1v) is 6.06. The molecule has 0 saturated carbocycles. The number of carboxylic acid groups (broad SMARTS) is 1. The van der Waals surface area contributed by atoms with Crippen molar-refractivity contribution in [3.8, 4) is 5.75 Å². The molecular formula is C15H22O3. The van der Waals surface area contributed by atoms with E-state index in [4.69, 9.17) is 0 Å². The molecule has 0 saturated heterocycles. The van der Waals surface area contributed by atoms with Crippen LogP contribution in [-0.2, 0) is 10.8 Å². The van der Waals surface area contributed by atoms with Crippen LogP contribution in [0.2, 0.25) is 0 Å². The van der Waals surface area contributed by atoms with Gasteiger partial charge in [0, 0.05) is 5.56 Å². The molecule has 0 bridgehead atoms. The zero-order chi connectivity index (χ0) is 14.3. The van der Waals surface area contributed by atoms with Gasteiger partial charge in [-0.3, -0.25) is 0 Å². The number of benzene rings is 1. The minimum absolute atomic E-state index is 0.164. The Morgan fingerprint density at radius 2 is 1.39 bits per heavy atom. The highest BCUT2D eigenvalue weighted by Gasteiger charge is 2.27. The monoisotopic (exact) mass is 250 g/mol. The van der Waals surface area contributed by atoms with Gasteiger partial charge in [-0.15, -0.1) is 0 Å². The Balaban J connectivity index is 3.60. The summed E-state index contributed by atoms with van der Waals surface area (Å²) in [4.78, 5) is 11.4. The predicted molar refractivity (Wildman–Crippen MR) is 72.5 cm³/mol. The van der Waals surface area contributed by atoms with Crippen LogP contribution in [-0.4, -0.2) is 16.2 Å². The van der Waals surface area contributed by atoms with Crippen molar-refractivity contribution in [2.24, 2.45) is 0 Å². The molecule has 1 rings (SSSR count). The van der Waals surface area contributed by atoms with Crippen LogP contribution in [0.4, 0.5) is 0 Å². The van der Waals surface area contributed by atoms with Crippen molar-refractivity contribution in [3.05, 3.63) is 28.8 Å². The molecule has 0 heterocycles. The van der Waals surface area contributed by atoms with Crippen LogP contribution in [0.1, 0.15) is 63.0 Å². The molecule has 100 valence electrons. The van der Waals surface area contributed by atoms with Gasteiger partial charge in [0.2, 0.25) is 0 Å². The summed E-state index contributed by atoms with van der Waals surface area (Å²) in [7, 11) is 0. The Labute approximate surface area is 108 Å². The number of aromatic hydroxyl groups is 1. The van der Waals surface area contributed by atoms with Gasteiger partial charge in [-0.05, 0) is 28.5 Å². The van der Waals surface area contributed by atoms with Crippen LogP contribution in [0.3, 0.4) is 0 Å². The van der Waals surface area contributed by atoms with Crippen LogP contribution in [0.15, 0.2) is 12.1 Å². The molecule has 0 amide bonds. The summed E-state index contributed by atoms with van der Waals surface area (Å²) in [5, 5.41) is 19.4. The fourth-order valence-corrected chi connectivity index (χ4v) is 1.99. The van der Waals surface area contributed by atoms with Crippen molar-refractivity contribution in [3.63, 3.8) is 0 Å². The van der Waals surface area contributed by atoms with Gasteiger partial charge >= 0.3 is 5.97 Å². The summed E-state index contributed by atoms with van der Waals surface area (Å²) in [5.41, 5.74) is 0.977. The summed E-state index contributed by atoms with van der Waals surface area (Å²) < 4.78 is 0. The molecule has 0 aliphatic rings. The Morgan fingerprint density at radius 3 is 1.72 bits per heavy atom. The molecule has 0 fully saturated rings. The molecule has 2 N–H and O–H groups in total. The summed E-state index contributed by atoms with van der Waals surface area (Å²) in [6.45, 7) is 11.7. The highest BCUT2D eigenvalue weighted by Crippen LogP contribution is 2.37. The summed E-state index contributed by atoms with van der Waals surface area (Å²) in [5.74, 6) is -0.789. The van der Waals surface area contributed by atoms with E-state index in [9.17, 15) is 15.0 Å². The van der Waals surface area contributed by atoms with E-state index in [1.165, 1.54) is 0 Å². The molecule has 0 aliphatic heterocycles. The average molecular weight is 250 g/mol. The standard InChI is InChI=1S/C15H22O3/c1-14(2,3)10-8-12(16)11(15(4,5)6)7-9(10)13(17)18/h7-8,16H,1-6H3,(H,17,18). The fraction of sp³-hybridized carbons (Fsp3) is 0.533. The van der Waals surface area contributed by atoms with E-state index in [2.05, 4.69) is 0 Å². The fourth-order valence-electron chi connectivity index (χ4n) is 1.99. The number of phenols is 1. The predicted octanol–water partition coefficient (Wildman–Crippen LogP) is 3.69. The second-order valence-corrected chi connectivity index (χ2v) is 6.72. The van der Waals surface area contributed by atoms with Crippen LogP contribution in [0, 0.1) is 0 Å². The lowest BCUT2D eigenvalue weighted by Gasteiger charge is -2.26. The van der Waals surface area contributed by atoms with Gasteiger partial charge in [0.25, 0.3) is 0 Å². The van der Waals surface area contributed by atoms with Crippen LogP contribution >= 0.6 is 0 Å². The molecule has 0 aliphatic carbocycles. The van der Waals surface area contributed by atoms with Crippen molar-refractivity contribution >= 4 is 5.97 Å². The maximum Gasteiger partial charge on any atom is 0.335 e. The Morgan fingerprint density at radius 1 is 0.944 bits per heavy atom. The number of rotatable bonds is 1. The topological polar surface area (TPSA) is 57.5 Å². The first-order chi connectivity index (χ1) is 7.94. The van der Waals surface area contributed by atoms with Crippen LogP contribution in [0.5, 0.6) is 5.75 Å². The van der Waals surface area contributed by atoms with Gasteiger partial charge in [-0.25, -0.2) is 4.79 Å². The van der Waals surface area contributed by atoms with E-state index in [1.54, 1.807) is 12.1 Å². The molecule has 0 unspecified atom stereocenters. The summed E-state index contributed by atoms with van der Waals surface area (Å²) in [6, 6.07) is 3.18. The lowest BCUT2D eigenvalue weighted by Crippen LogP contribution is -2.20. The van der Waals surface area contributed by atoms with Crippen molar-refractivity contribution in [1.29, 1.82) is 0 Å². The highest BCUT2D eigenvalue weighted by atomic mass is 16.4. The van der Waals surface area contributed by atoms with E-state index in [-0.39, 0.29) is 22.1 Å². The lowest BCUT2D eigenvalue weighted by atomic mass is 9.79. The number of carboxylic acids is 1. The van der Waals surface area contributed by atoms with Crippen molar-refractivity contribution in [1.82, 2.24) is 0 Å². The van der Waals surface area contributed by atoms with E-state index in [0.717, 1.165) is 0 Å². The molecule has 0 radical (unpaired) electrons. The van der Waals surface area contributed by atoms with E-state index < -0.39 is 5.97 Å². The number of hydrogen-bond donors (Lipinski definition) is 2. The second kappa shape index (κ2) is 4.30. The molecule has 1 aromatic carbocycles. The Kier molecular flexibility index (Phi) is 3.48. The molecule has 3 nitrogen and oxygen atoms in total. The minimum Gasteiger partial charge on any atom is -0.508 e. The average Bonchev–Trinajstić information content (AvgIpc) is 2.13. The Bertz CT molecular complexity index is 474. The van der Waals surface area contributed by atoms with Crippen LogP contribution < -0.4 is 0 Å². The molecule has 0 spiro atoms. The van der Waals surface area contributed by atoms with Gasteiger partial charge in [0.1, 0.15) is 5.75 Å². The van der Waals surface area contributed by atoms with Crippen molar-refractivity contribution < 1.29 is 15.0 Å². The third-order valence-corrected chi connectivity index (χ3v) is 2.98. The zero-order valence-corrected chi connectivity index (χ0v) is 12.0. The molecule has 18 heavy (non-hydrogen) atoms. The second-order valence-electron chi connectivity index (χ2n) is 6.72. The number of phenolic OH excluding ortho intramolecular Hbond substituents is 1. The van der Waals surface area contributed by atoms with E-state index in [1.807, 2.05) is 41.5 Å². The SMILES string of the molecule is CC(C)(C)c1cc(C(=O)O)c(C(C)(C)C)cc1O. The molecular weight excluding hydrogens is 228 g/mol. The first kappa shape index (κ1) is 14.6. The largest absolute Gasteiger partial charge is 0.508 e. The van der Waals surface area contributed by atoms with Gasteiger partial charge in [0.05, 0.1) is 5.56 Å². The summed E-state index contributed by atoms with van der Waals surface area (Å²) in [6.07, 6.45) is 0. The van der Waals surface area contributed by atoms with E-state index >= 15 is 0 Å². The summed E-state index contributed by atoms with van der Waals surface area (Å²) >= 11 is 0. The normalized spacial score (nSPS) is 12.6. The molecule has 0 atom stereocenters. The number of hydrogen-bond acceptors (Lipinski definition) is 2. The van der Waals surface area contributed by atoms with Gasteiger partial charge in [-0.1, -0.05) is 41.5 Å². The molecule has 3 heteroatoms. The van der Waals surface area contributed by atoms with E-state index in [0.29, 0.717) is 11.1 Å². The van der Waals surface area contributed by atoms with Gasteiger partial charge in [-0.2, -0.15) is 0 Å². The highest BCUT2D eigenvalue weighted by molar-refractivity contribution is 5.90. The van der Waals surface area contributed by atoms with Crippen molar-refractivity contribution in [2.45, 2.75) is 52.4 Å². The molecule has 0 aromatic heterocycles. The molecule has 1 aromatic rings. The Hall–Kier alpha value is -1.51. The third-order valence-electron chi connectivity index (χ3n) is 2.98.